The second kappa shape index (κ2) is 9.56. The Hall–Kier alpha value is -1.79. The number of nitrogens with zero attached hydrogens (tertiary/aromatic N) is 2. The van der Waals surface area contributed by atoms with E-state index in [9.17, 15) is 9.90 Å². The molecule has 0 aliphatic carbocycles. The van der Waals surface area contributed by atoms with Crippen LogP contribution >= 0.6 is 0 Å². The Morgan fingerprint density at radius 1 is 1.17 bits per heavy atom. The summed E-state index contributed by atoms with van der Waals surface area (Å²) in [6.45, 7) is 12.0. The highest BCUT2D eigenvalue weighted by molar-refractivity contribution is 5.80. The lowest BCUT2D eigenvalue weighted by molar-refractivity contribution is -0.179. The van der Waals surface area contributed by atoms with Crippen LogP contribution in [-0.2, 0) is 9.53 Å². The molecule has 6 nitrogen and oxygen atoms in total. The first-order valence-electron chi connectivity index (χ1n) is 11.3. The van der Waals surface area contributed by atoms with Crippen LogP contribution in [0, 0.1) is 0 Å². The summed E-state index contributed by atoms with van der Waals surface area (Å²) >= 11 is 0. The molecule has 2 fully saturated rings. The van der Waals surface area contributed by atoms with E-state index >= 15 is 0 Å². The van der Waals surface area contributed by atoms with Gasteiger partial charge in [-0.2, -0.15) is 0 Å². The summed E-state index contributed by atoms with van der Waals surface area (Å²) in [5.74, 6) is 0.372. The van der Waals surface area contributed by atoms with E-state index in [-0.39, 0.29) is 0 Å². The van der Waals surface area contributed by atoms with Crippen molar-refractivity contribution in [1.82, 2.24) is 4.90 Å². The average Bonchev–Trinajstić information content (AvgIpc) is 3.10. The van der Waals surface area contributed by atoms with Crippen LogP contribution in [0.25, 0.3) is 0 Å². The van der Waals surface area contributed by atoms with Gasteiger partial charge in [-0.25, -0.2) is 4.79 Å². The summed E-state index contributed by atoms with van der Waals surface area (Å²) < 4.78 is 11.3. The number of hydrogen-bond donors (Lipinski definition) is 1. The number of benzene rings is 1. The summed E-state index contributed by atoms with van der Waals surface area (Å²) in [4.78, 5) is 17.1. The fourth-order valence-electron chi connectivity index (χ4n) is 4.25. The molecule has 2 aliphatic rings. The largest absolute Gasteiger partial charge is 0.494 e. The first kappa shape index (κ1) is 22.9. The van der Waals surface area contributed by atoms with Crippen molar-refractivity contribution < 1.29 is 19.4 Å². The van der Waals surface area contributed by atoms with E-state index in [1.807, 2.05) is 32.9 Å². The maximum Gasteiger partial charge on any atom is 0.338 e. The molecule has 0 amide bonds. The van der Waals surface area contributed by atoms with Crippen LogP contribution in [-0.4, -0.2) is 66.0 Å². The predicted octanol–water partition coefficient (Wildman–Crippen LogP) is 3.61. The van der Waals surface area contributed by atoms with Crippen molar-refractivity contribution in [2.45, 2.75) is 77.0 Å². The van der Waals surface area contributed by atoms with Gasteiger partial charge < -0.3 is 24.4 Å². The fraction of sp³-hybridized carbons (Fsp3) is 0.708. The molecule has 168 valence electrons. The van der Waals surface area contributed by atoms with E-state index in [0.29, 0.717) is 32.0 Å². The number of likely N-dealkylation sites (tertiary alicyclic amines) is 1. The van der Waals surface area contributed by atoms with E-state index in [4.69, 9.17) is 9.47 Å². The molecular formula is C24H38N2O4. The molecule has 3 rings (SSSR count). The van der Waals surface area contributed by atoms with Crippen LogP contribution in [0.1, 0.15) is 59.8 Å². The van der Waals surface area contributed by atoms with Gasteiger partial charge in [0, 0.05) is 44.2 Å². The summed E-state index contributed by atoms with van der Waals surface area (Å²) in [5, 5.41) is 10.7. The van der Waals surface area contributed by atoms with Gasteiger partial charge in [-0.1, -0.05) is 0 Å². The topological polar surface area (TPSA) is 62.2 Å². The van der Waals surface area contributed by atoms with E-state index < -0.39 is 17.2 Å². The Kier molecular flexibility index (Phi) is 7.30. The Morgan fingerprint density at radius 2 is 1.83 bits per heavy atom. The molecule has 0 bridgehead atoms. The quantitative estimate of drug-likeness (QED) is 0.539. The number of piperidine rings is 1. The zero-order valence-corrected chi connectivity index (χ0v) is 19.0. The lowest BCUT2D eigenvalue weighted by atomic mass is 9.91. The number of hydrogen-bond acceptors (Lipinski definition) is 6. The summed E-state index contributed by atoms with van der Waals surface area (Å²) in [6.07, 6.45) is 4.41. The molecule has 0 spiro atoms. The van der Waals surface area contributed by atoms with E-state index in [1.54, 1.807) is 0 Å². The minimum Gasteiger partial charge on any atom is -0.494 e. The molecule has 2 saturated heterocycles. The zero-order chi connectivity index (χ0) is 21.8. The van der Waals surface area contributed by atoms with Crippen molar-refractivity contribution in [1.29, 1.82) is 0 Å². The summed E-state index contributed by atoms with van der Waals surface area (Å²) in [6, 6.07) is 8.82. The summed E-state index contributed by atoms with van der Waals surface area (Å²) in [7, 11) is 0. The minimum absolute atomic E-state index is 0.370. The highest BCUT2D eigenvalue weighted by Gasteiger charge is 2.42. The SMILES string of the molecule is C[C@@H]1CCCN1CCCOc1ccc(N2CCC(O)(C(=O)OC(C)(C)C)CC2)cc1. The second-order valence-corrected chi connectivity index (χ2v) is 9.74. The lowest BCUT2D eigenvalue weighted by Crippen LogP contribution is -2.51. The van der Waals surface area contributed by atoms with Crippen LogP contribution in [0.2, 0.25) is 0 Å². The molecule has 1 atom stereocenters. The van der Waals surface area contributed by atoms with Gasteiger partial charge >= 0.3 is 5.97 Å². The van der Waals surface area contributed by atoms with Crippen molar-refractivity contribution in [3.63, 3.8) is 0 Å². The minimum atomic E-state index is -1.39. The molecule has 6 heteroatoms. The zero-order valence-electron chi connectivity index (χ0n) is 19.0. The van der Waals surface area contributed by atoms with Crippen molar-refractivity contribution >= 4 is 11.7 Å². The second-order valence-electron chi connectivity index (χ2n) is 9.74. The van der Waals surface area contributed by atoms with Gasteiger partial charge in [0.15, 0.2) is 5.60 Å². The number of ether oxygens (including phenoxy) is 2. The van der Waals surface area contributed by atoms with Crippen molar-refractivity contribution in [3.8, 4) is 5.75 Å². The van der Waals surface area contributed by atoms with Gasteiger partial charge in [-0.15, -0.1) is 0 Å². The molecule has 30 heavy (non-hydrogen) atoms. The first-order valence-corrected chi connectivity index (χ1v) is 11.3. The molecule has 2 heterocycles. The number of rotatable bonds is 7. The van der Waals surface area contributed by atoms with E-state index in [1.165, 1.54) is 19.4 Å². The molecule has 0 unspecified atom stereocenters. The van der Waals surface area contributed by atoms with Crippen molar-refractivity contribution in [2.75, 3.05) is 37.7 Å². The van der Waals surface area contributed by atoms with Crippen LogP contribution in [0.4, 0.5) is 5.69 Å². The number of carbonyl (C=O) groups excluding carboxylic acids is 1. The Balaban J connectivity index is 1.42. The van der Waals surface area contributed by atoms with Gasteiger partial charge in [0.25, 0.3) is 0 Å². The Labute approximate surface area is 181 Å². The average molecular weight is 419 g/mol. The highest BCUT2D eigenvalue weighted by Crippen LogP contribution is 2.29. The van der Waals surface area contributed by atoms with Gasteiger partial charge in [-0.05, 0) is 77.8 Å². The van der Waals surface area contributed by atoms with E-state index in [2.05, 4.69) is 28.9 Å². The van der Waals surface area contributed by atoms with Gasteiger partial charge in [-0.3, -0.25) is 0 Å². The number of anilines is 1. The molecule has 1 N–H and O–H groups in total. The molecule has 2 aliphatic heterocycles. The maximum absolute atomic E-state index is 12.3. The van der Waals surface area contributed by atoms with Gasteiger partial charge in [0.1, 0.15) is 11.4 Å². The van der Waals surface area contributed by atoms with Crippen LogP contribution in [0.15, 0.2) is 24.3 Å². The smallest absolute Gasteiger partial charge is 0.338 e. The Morgan fingerprint density at radius 3 is 2.40 bits per heavy atom. The third-order valence-corrected chi connectivity index (χ3v) is 6.12. The van der Waals surface area contributed by atoms with Gasteiger partial charge in [0.2, 0.25) is 0 Å². The monoisotopic (exact) mass is 418 g/mol. The third-order valence-electron chi connectivity index (χ3n) is 6.12. The molecular weight excluding hydrogens is 380 g/mol. The molecule has 0 radical (unpaired) electrons. The number of carbonyl (C=O) groups is 1. The van der Waals surface area contributed by atoms with Crippen molar-refractivity contribution in [2.24, 2.45) is 0 Å². The maximum atomic E-state index is 12.3. The Bertz CT molecular complexity index is 690. The molecule has 1 aromatic carbocycles. The molecule has 0 aromatic heterocycles. The predicted molar refractivity (Wildman–Crippen MR) is 119 cm³/mol. The highest BCUT2D eigenvalue weighted by atomic mass is 16.6. The van der Waals surface area contributed by atoms with E-state index in [0.717, 1.165) is 31.0 Å². The number of esters is 1. The molecule has 1 aromatic rings. The van der Waals surface area contributed by atoms with Crippen LogP contribution < -0.4 is 9.64 Å². The summed E-state index contributed by atoms with van der Waals surface area (Å²) in [5.41, 5.74) is -0.897. The van der Waals surface area contributed by atoms with Crippen molar-refractivity contribution in [3.05, 3.63) is 24.3 Å². The lowest BCUT2D eigenvalue weighted by Gasteiger charge is -2.38. The van der Waals surface area contributed by atoms with Gasteiger partial charge in [0.05, 0.1) is 6.61 Å². The van der Waals surface area contributed by atoms with Crippen LogP contribution in [0.3, 0.4) is 0 Å². The standard InChI is InChI=1S/C24H38N2O4/c1-19-7-5-14-25(19)15-6-18-29-21-10-8-20(9-11-21)26-16-12-24(28,13-17-26)22(27)30-23(2,3)4/h8-11,19,28H,5-7,12-18H2,1-4H3/t19-/m1/s1. The first-order chi connectivity index (χ1) is 14.2. The van der Waals surface area contributed by atoms with Crippen LogP contribution in [0.5, 0.6) is 5.75 Å². The normalized spacial score (nSPS) is 22.2. The number of aliphatic hydroxyl groups is 1. The molecule has 0 saturated carbocycles. The third kappa shape index (κ3) is 6.11. The fourth-order valence-corrected chi connectivity index (χ4v) is 4.25.